The van der Waals surface area contributed by atoms with Gasteiger partial charge in [0.05, 0.1) is 13.2 Å². The maximum atomic E-state index is 15.0. The van der Waals surface area contributed by atoms with Crippen LogP contribution in [0.4, 0.5) is 26.3 Å². The number of allylic oxidation sites excluding steroid dienone is 1. The van der Waals surface area contributed by atoms with E-state index in [1.165, 1.54) is 6.07 Å². The third-order valence-electron chi connectivity index (χ3n) is 6.17. The average Bonchev–Trinajstić information content (AvgIpc) is 3.59. The smallest absolute Gasteiger partial charge is 0.422 e. The van der Waals surface area contributed by atoms with E-state index in [-0.39, 0.29) is 24.7 Å². The SMILES string of the molecule is C=CC1CCC(COc2ccc(-c3ccc(C4CO4)c(F)c3F)c(F)c2C(F)(F)F)CC1. The lowest BCUT2D eigenvalue weighted by Crippen LogP contribution is -2.20. The van der Waals surface area contributed by atoms with Gasteiger partial charge in [0.15, 0.2) is 11.6 Å². The van der Waals surface area contributed by atoms with Crippen molar-refractivity contribution in [3.8, 4) is 16.9 Å². The van der Waals surface area contributed by atoms with E-state index in [1.54, 1.807) is 0 Å². The van der Waals surface area contributed by atoms with Gasteiger partial charge in [0.2, 0.25) is 0 Å². The van der Waals surface area contributed by atoms with Crippen LogP contribution < -0.4 is 4.74 Å². The second-order valence-corrected chi connectivity index (χ2v) is 8.28. The van der Waals surface area contributed by atoms with Gasteiger partial charge in [-0.05, 0) is 49.7 Å². The molecule has 0 N–H and O–H groups in total. The number of epoxide rings is 1. The first-order chi connectivity index (χ1) is 15.2. The second-order valence-electron chi connectivity index (χ2n) is 8.28. The summed E-state index contributed by atoms with van der Waals surface area (Å²) in [7, 11) is 0. The lowest BCUT2D eigenvalue weighted by atomic mass is 9.82. The van der Waals surface area contributed by atoms with Crippen molar-refractivity contribution < 1.29 is 35.8 Å². The molecule has 0 aromatic heterocycles. The van der Waals surface area contributed by atoms with Crippen LogP contribution in [0.3, 0.4) is 0 Å². The maximum Gasteiger partial charge on any atom is 0.422 e. The number of rotatable bonds is 6. The largest absolute Gasteiger partial charge is 0.493 e. The second kappa shape index (κ2) is 8.81. The van der Waals surface area contributed by atoms with Gasteiger partial charge in [-0.25, -0.2) is 13.2 Å². The molecule has 8 heteroatoms. The van der Waals surface area contributed by atoms with Crippen molar-refractivity contribution in [1.29, 1.82) is 0 Å². The van der Waals surface area contributed by atoms with Crippen LogP contribution in [0.25, 0.3) is 11.1 Å². The number of hydrogen-bond acceptors (Lipinski definition) is 2. The fourth-order valence-electron chi connectivity index (χ4n) is 4.20. The Bertz CT molecular complexity index is 1000. The molecule has 0 bridgehead atoms. The summed E-state index contributed by atoms with van der Waals surface area (Å²) in [5, 5.41) is 0. The van der Waals surface area contributed by atoms with Gasteiger partial charge in [-0.2, -0.15) is 13.2 Å². The van der Waals surface area contributed by atoms with Crippen LogP contribution >= 0.6 is 0 Å². The normalized spacial score (nSPS) is 23.1. The molecule has 1 atom stereocenters. The summed E-state index contributed by atoms with van der Waals surface area (Å²) in [6.45, 7) is 4.00. The lowest BCUT2D eigenvalue weighted by molar-refractivity contribution is -0.141. The Kier molecular flexibility index (Phi) is 6.25. The molecule has 172 valence electrons. The molecule has 1 aliphatic carbocycles. The van der Waals surface area contributed by atoms with Crippen LogP contribution in [-0.4, -0.2) is 13.2 Å². The van der Waals surface area contributed by atoms with Crippen LogP contribution in [0, 0.1) is 29.3 Å². The molecule has 1 aliphatic heterocycles. The van der Waals surface area contributed by atoms with Gasteiger partial charge in [-0.1, -0.05) is 18.2 Å². The molecule has 1 saturated carbocycles. The van der Waals surface area contributed by atoms with Gasteiger partial charge in [-0.3, -0.25) is 0 Å². The first kappa shape index (κ1) is 22.7. The minimum Gasteiger partial charge on any atom is -0.493 e. The fourth-order valence-corrected chi connectivity index (χ4v) is 4.20. The molecule has 0 radical (unpaired) electrons. The average molecular weight is 456 g/mol. The summed E-state index contributed by atoms with van der Waals surface area (Å²) in [4.78, 5) is 0. The molecule has 2 aromatic rings. The highest BCUT2D eigenvalue weighted by atomic mass is 19.4. The molecule has 0 spiro atoms. The van der Waals surface area contributed by atoms with Crippen molar-refractivity contribution in [1.82, 2.24) is 0 Å². The zero-order valence-corrected chi connectivity index (χ0v) is 17.2. The maximum absolute atomic E-state index is 15.0. The number of alkyl halides is 3. The minimum absolute atomic E-state index is 0.0187. The van der Waals surface area contributed by atoms with Crippen molar-refractivity contribution in [3.63, 3.8) is 0 Å². The van der Waals surface area contributed by atoms with Crippen molar-refractivity contribution in [3.05, 3.63) is 65.5 Å². The van der Waals surface area contributed by atoms with Crippen molar-refractivity contribution in [2.24, 2.45) is 11.8 Å². The predicted molar refractivity (Wildman–Crippen MR) is 107 cm³/mol. The zero-order chi connectivity index (χ0) is 23.0. The Hall–Kier alpha value is -2.48. The molecule has 4 rings (SSSR count). The number of benzene rings is 2. The van der Waals surface area contributed by atoms with Gasteiger partial charge in [-0.15, -0.1) is 6.58 Å². The summed E-state index contributed by atoms with van der Waals surface area (Å²) in [5.41, 5.74) is -2.95. The van der Waals surface area contributed by atoms with Crippen LogP contribution in [-0.2, 0) is 10.9 Å². The van der Waals surface area contributed by atoms with Crippen molar-refractivity contribution >= 4 is 0 Å². The monoisotopic (exact) mass is 456 g/mol. The molecular formula is C24H22F6O2. The molecule has 2 aliphatic rings. The summed E-state index contributed by atoms with van der Waals surface area (Å²) in [6.07, 6.45) is -0.481. The lowest BCUT2D eigenvalue weighted by Gasteiger charge is -2.27. The standard InChI is InChI=1S/C24H22F6O2/c1-2-13-3-5-14(6-4-13)11-31-18-10-9-15(21(25)20(18)24(28,29)30)16-7-8-17(19-12-32-19)23(27)22(16)26/h2,7-10,13-14,19H,1,3-6,11-12H2. The Morgan fingerprint density at radius 3 is 2.16 bits per heavy atom. The first-order valence-electron chi connectivity index (χ1n) is 10.5. The molecule has 1 heterocycles. The summed E-state index contributed by atoms with van der Waals surface area (Å²) in [5.74, 6) is -4.58. The number of ether oxygens (including phenoxy) is 2. The van der Waals surface area contributed by atoms with Gasteiger partial charge < -0.3 is 9.47 Å². The van der Waals surface area contributed by atoms with Gasteiger partial charge >= 0.3 is 6.18 Å². The molecule has 32 heavy (non-hydrogen) atoms. The Morgan fingerprint density at radius 1 is 0.938 bits per heavy atom. The molecule has 1 saturated heterocycles. The zero-order valence-electron chi connectivity index (χ0n) is 17.2. The quantitative estimate of drug-likeness (QED) is 0.260. The Labute approximate surface area is 181 Å². The minimum atomic E-state index is -5.08. The molecule has 0 amide bonds. The highest BCUT2D eigenvalue weighted by molar-refractivity contribution is 5.68. The first-order valence-corrected chi connectivity index (χ1v) is 10.5. The van der Waals surface area contributed by atoms with Crippen molar-refractivity contribution in [2.45, 2.75) is 38.0 Å². The molecular weight excluding hydrogens is 434 g/mol. The fraction of sp³-hybridized carbons (Fsp3) is 0.417. The number of halogens is 6. The Balaban J connectivity index is 1.63. The van der Waals surface area contributed by atoms with E-state index in [4.69, 9.17) is 9.47 Å². The van der Waals surface area contributed by atoms with E-state index in [2.05, 4.69) is 6.58 Å². The highest BCUT2D eigenvalue weighted by Gasteiger charge is 2.40. The van der Waals surface area contributed by atoms with Crippen molar-refractivity contribution in [2.75, 3.05) is 13.2 Å². The summed E-state index contributed by atoms with van der Waals surface area (Å²) >= 11 is 0. The van der Waals surface area contributed by atoms with Gasteiger partial charge in [0, 0.05) is 16.7 Å². The molecule has 1 unspecified atom stereocenters. The van der Waals surface area contributed by atoms with Gasteiger partial charge in [0.25, 0.3) is 0 Å². The van der Waals surface area contributed by atoms with Gasteiger partial charge in [0.1, 0.15) is 23.2 Å². The van der Waals surface area contributed by atoms with E-state index in [0.29, 0.717) is 5.92 Å². The van der Waals surface area contributed by atoms with E-state index in [9.17, 15) is 22.0 Å². The van der Waals surface area contributed by atoms with E-state index in [0.717, 1.165) is 43.9 Å². The van der Waals surface area contributed by atoms with Crippen LogP contribution in [0.15, 0.2) is 36.9 Å². The summed E-state index contributed by atoms with van der Waals surface area (Å²) in [6, 6.07) is 4.21. The molecule has 2 nitrogen and oxygen atoms in total. The Morgan fingerprint density at radius 2 is 1.56 bits per heavy atom. The van der Waals surface area contributed by atoms with E-state index < -0.39 is 52.2 Å². The summed E-state index contributed by atoms with van der Waals surface area (Å²) < 4.78 is 95.4. The van der Waals surface area contributed by atoms with E-state index in [1.807, 2.05) is 6.08 Å². The molecule has 2 fully saturated rings. The van der Waals surface area contributed by atoms with Crippen LogP contribution in [0.2, 0.25) is 0 Å². The predicted octanol–water partition coefficient (Wildman–Crippen LogP) is 7.23. The third kappa shape index (κ3) is 4.51. The van der Waals surface area contributed by atoms with Crippen LogP contribution in [0.5, 0.6) is 5.75 Å². The highest BCUT2D eigenvalue weighted by Crippen LogP contribution is 2.43. The topological polar surface area (TPSA) is 21.8 Å². The van der Waals surface area contributed by atoms with Crippen LogP contribution in [0.1, 0.15) is 42.9 Å². The number of hydrogen-bond donors (Lipinski definition) is 0. The molecule has 2 aromatic carbocycles. The third-order valence-corrected chi connectivity index (χ3v) is 6.17. The van der Waals surface area contributed by atoms with E-state index >= 15 is 4.39 Å².